The Bertz CT molecular complexity index is 1010. The van der Waals surface area contributed by atoms with Gasteiger partial charge in [0.05, 0.1) is 16.9 Å². The molecule has 3 aromatic rings. The molecule has 0 aliphatic carbocycles. The Hall–Kier alpha value is -2.58. The number of halogens is 2. The number of carbonyl (C=O) groups excluding carboxylic acids is 1. The maximum absolute atomic E-state index is 12.0. The molecule has 5 nitrogen and oxygen atoms in total. The molecule has 0 saturated carbocycles. The first kappa shape index (κ1) is 21.1. The summed E-state index contributed by atoms with van der Waals surface area (Å²) < 4.78 is 12.3. The number of nitrogens with one attached hydrogen (secondary N) is 1. The van der Waals surface area contributed by atoms with E-state index >= 15 is 0 Å². The van der Waals surface area contributed by atoms with Crippen LogP contribution in [0, 0.1) is 3.57 Å². The van der Waals surface area contributed by atoms with Gasteiger partial charge in [-0.15, -0.1) is 0 Å². The van der Waals surface area contributed by atoms with Gasteiger partial charge in [-0.05, 0) is 70.1 Å². The summed E-state index contributed by atoms with van der Waals surface area (Å²) in [6.07, 6.45) is 1.56. The topological polar surface area (TPSA) is 59.9 Å². The first-order valence-electron chi connectivity index (χ1n) is 8.70. The lowest BCUT2D eigenvalue weighted by Crippen LogP contribution is -2.17. The zero-order valence-electron chi connectivity index (χ0n) is 15.6. The Morgan fingerprint density at radius 3 is 2.55 bits per heavy atom. The third-order valence-corrected chi connectivity index (χ3v) is 5.02. The fraction of sp³-hybridized carbons (Fsp3) is 0.0909. The van der Waals surface area contributed by atoms with Crippen molar-refractivity contribution in [3.8, 4) is 11.5 Å². The van der Waals surface area contributed by atoms with Crippen molar-refractivity contribution >= 4 is 46.3 Å². The van der Waals surface area contributed by atoms with Crippen molar-refractivity contribution in [1.29, 1.82) is 0 Å². The number of hydrazone groups is 1. The van der Waals surface area contributed by atoms with E-state index in [0.717, 1.165) is 14.7 Å². The van der Waals surface area contributed by atoms with Gasteiger partial charge < -0.3 is 9.47 Å². The molecular weight excluding hydrogens is 503 g/mol. The quantitative estimate of drug-likeness (QED) is 0.261. The number of ether oxygens (including phenoxy) is 2. The van der Waals surface area contributed by atoms with Crippen LogP contribution in [0.25, 0.3) is 0 Å². The van der Waals surface area contributed by atoms with Crippen LogP contribution in [0.15, 0.2) is 71.8 Å². The summed E-state index contributed by atoms with van der Waals surface area (Å²) in [6.45, 7) is 0.393. The molecule has 0 heterocycles. The Morgan fingerprint density at radius 1 is 1.14 bits per heavy atom. The Kier molecular flexibility index (Phi) is 7.48. The number of hydrogen-bond acceptors (Lipinski definition) is 4. The normalized spacial score (nSPS) is 10.7. The molecule has 0 unspecified atom stereocenters. The minimum atomic E-state index is -0.272. The number of rotatable bonds is 7. The molecule has 0 aliphatic heterocycles. The van der Waals surface area contributed by atoms with Gasteiger partial charge in [-0.1, -0.05) is 41.9 Å². The summed E-state index contributed by atoms with van der Waals surface area (Å²) in [6, 6.07) is 20.1. The number of amides is 1. The second-order valence-electron chi connectivity index (χ2n) is 6.01. The van der Waals surface area contributed by atoms with Gasteiger partial charge in [0.15, 0.2) is 11.5 Å². The van der Waals surface area contributed by atoms with E-state index in [1.165, 1.54) is 0 Å². The molecule has 0 atom stereocenters. The molecule has 7 heteroatoms. The SMILES string of the molecule is COc1cc(/C=N\NC(=O)c2ccccc2)cc(I)c1OCc1ccc(Cl)cc1. The van der Waals surface area contributed by atoms with Gasteiger partial charge >= 0.3 is 0 Å². The number of benzene rings is 3. The lowest BCUT2D eigenvalue weighted by molar-refractivity contribution is 0.0955. The predicted octanol–water partition coefficient (Wildman–Crippen LogP) is 5.30. The van der Waals surface area contributed by atoms with Gasteiger partial charge in [0.2, 0.25) is 0 Å². The molecule has 0 radical (unpaired) electrons. The molecule has 0 fully saturated rings. The van der Waals surface area contributed by atoms with E-state index in [9.17, 15) is 4.79 Å². The number of carbonyl (C=O) groups is 1. The smallest absolute Gasteiger partial charge is 0.271 e. The van der Waals surface area contributed by atoms with E-state index in [-0.39, 0.29) is 5.91 Å². The first-order valence-corrected chi connectivity index (χ1v) is 10.2. The van der Waals surface area contributed by atoms with Crippen LogP contribution in [0.2, 0.25) is 5.02 Å². The van der Waals surface area contributed by atoms with Crippen molar-refractivity contribution in [1.82, 2.24) is 5.43 Å². The third-order valence-electron chi connectivity index (χ3n) is 3.96. The number of nitrogens with zero attached hydrogens (tertiary/aromatic N) is 1. The summed E-state index contributed by atoms with van der Waals surface area (Å²) in [7, 11) is 1.58. The van der Waals surface area contributed by atoms with Gasteiger partial charge in [0.1, 0.15) is 6.61 Å². The molecule has 0 aromatic heterocycles. The molecule has 0 bridgehead atoms. The zero-order valence-corrected chi connectivity index (χ0v) is 18.5. The monoisotopic (exact) mass is 520 g/mol. The largest absolute Gasteiger partial charge is 0.493 e. The average molecular weight is 521 g/mol. The van der Waals surface area contributed by atoms with E-state index in [1.807, 2.05) is 36.4 Å². The van der Waals surface area contributed by atoms with Gasteiger partial charge in [-0.3, -0.25) is 4.79 Å². The molecule has 3 aromatic carbocycles. The van der Waals surface area contributed by atoms with E-state index in [4.69, 9.17) is 21.1 Å². The Labute approximate surface area is 187 Å². The van der Waals surface area contributed by atoms with Crippen LogP contribution in [0.4, 0.5) is 0 Å². The maximum Gasteiger partial charge on any atom is 0.271 e. The van der Waals surface area contributed by atoms with Crippen LogP contribution < -0.4 is 14.9 Å². The average Bonchev–Trinajstić information content (AvgIpc) is 2.74. The highest BCUT2D eigenvalue weighted by Crippen LogP contribution is 2.34. The summed E-state index contributed by atoms with van der Waals surface area (Å²) in [5.41, 5.74) is 4.84. The summed E-state index contributed by atoms with van der Waals surface area (Å²) >= 11 is 8.10. The van der Waals surface area contributed by atoms with E-state index in [2.05, 4.69) is 33.1 Å². The summed E-state index contributed by atoms with van der Waals surface area (Å²) in [5.74, 6) is 0.960. The predicted molar refractivity (Wildman–Crippen MR) is 123 cm³/mol. The van der Waals surface area contributed by atoms with Crippen LogP contribution in [0.5, 0.6) is 11.5 Å². The minimum absolute atomic E-state index is 0.272. The van der Waals surface area contributed by atoms with Gasteiger partial charge in [0, 0.05) is 10.6 Å². The molecular formula is C22H18ClIN2O3. The minimum Gasteiger partial charge on any atom is -0.493 e. The van der Waals surface area contributed by atoms with Gasteiger partial charge in [-0.25, -0.2) is 5.43 Å². The third kappa shape index (κ3) is 5.95. The molecule has 29 heavy (non-hydrogen) atoms. The fourth-order valence-corrected chi connectivity index (χ4v) is 3.42. The molecule has 3 rings (SSSR count). The van der Waals surface area contributed by atoms with E-state index in [1.54, 1.807) is 43.7 Å². The second-order valence-corrected chi connectivity index (χ2v) is 7.61. The van der Waals surface area contributed by atoms with E-state index < -0.39 is 0 Å². The van der Waals surface area contributed by atoms with Gasteiger partial charge in [-0.2, -0.15) is 5.10 Å². The van der Waals surface area contributed by atoms with Gasteiger partial charge in [0.25, 0.3) is 5.91 Å². The Morgan fingerprint density at radius 2 is 1.86 bits per heavy atom. The van der Waals surface area contributed by atoms with Crippen LogP contribution in [-0.4, -0.2) is 19.2 Å². The highest BCUT2D eigenvalue weighted by Gasteiger charge is 2.12. The van der Waals surface area contributed by atoms with E-state index in [0.29, 0.717) is 28.7 Å². The fourth-order valence-electron chi connectivity index (χ4n) is 2.51. The maximum atomic E-state index is 12.0. The van der Waals surface area contributed by atoms with Crippen LogP contribution in [0.3, 0.4) is 0 Å². The Balaban J connectivity index is 1.68. The van der Waals surface area contributed by atoms with Crippen LogP contribution in [-0.2, 0) is 6.61 Å². The molecule has 0 spiro atoms. The first-order chi connectivity index (χ1) is 14.1. The van der Waals surface area contributed by atoms with Crippen molar-refractivity contribution in [3.05, 3.63) is 92.0 Å². The van der Waals surface area contributed by atoms with Crippen molar-refractivity contribution in [2.75, 3.05) is 7.11 Å². The van der Waals surface area contributed by atoms with Crippen molar-refractivity contribution in [3.63, 3.8) is 0 Å². The zero-order chi connectivity index (χ0) is 20.6. The standard InChI is InChI=1S/C22H18ClIN2O3/c1-28-20-12-16(13-25-26-22(27)17-5-3-2-4-6-17)11-19(24)21(20)29-14-15-7-9-18(23)10-8-15/h2-13H,14H2,1H3,(H,26,27)/b25-13-. The number of hydrogen-bond donors (Lipinski definition) is 1. The molecule has 0 saturated heterocycles. The summed E-state index contributed by atoms with van der Waals surface area (Å²) in [4.78, 5) is 12.0. The molecule has 148 valence electrons. The number of methoxy groups -OCH3 is 1. The van der Waals surface area contributed by atoms with Crippen molar-refractivity contribution in [2.24, 2.45) is 5.10 Å². The summed E-state index contributed by atoms with van der Waals surface area (Å²) in [5, 5.41) is 4.71. The lowest BCUT2D eigenvalue weighted by atomic mass is 10.2. The second kappa shape index (κ2) is 10.3. The van der Waals surface area contributed by atoms with Crippen molar-refractivity contribution < 1.29 is 14.3 Å². The lowest BCUT2D eigenvalue weighted by Gasteiger charge is -2.13. The molecule has 1 amide bonds. The highest BCUT2D eigenvalue weighted by atomic mass is 127. The van der Waals surface area contributed by atoms with Crippen molar-refractivity contribution in [2.45, 2.75) is 6.61 Å². The van der Waals surface area contributed by atoms with Crippen LogP contribution in [0.1, 0.15) is 21.5 Å². The molecule has 1 N–H and O–H groups in total. The highest BCUT2D eigenvalue weighted by molar-refractivity contribution is 14.1. The molecule has 0 aliphatic rings. The van der Waals surface area contributed by atoms with Crippen LogP contribution >= 0.6 is 34.2 Å².